The molecule has 108 valence electrons. The van der Waals surface area contributed by atoms with Crippen LogP contribution in [-0.2, 0) is 4.79 Å². The molecule has 1 fully saturated rings. The lowest BCUT2D eigenvalue weighted by molar-refractivity contribution is -0.148. The summed E-state index contributed by atoms with van der Waals surface area (Å²) in [5.41, 5.74) is 0.568. The molecule has 2 rings (SSSR count). The number of amides is 2. The molecule has 20 heavy (non-hydrogen) atoms. The highest BCUT2D eigenvalue weighted by Crippen LogP contribution is 2.32. The summed E-state index contributed by atoms with van der Waals surface area (Å²) in [4.78, 5) is 25.0. The minimum atomic E-state index is -1.09. The van der Waals surface area contributed by atoms with E-state index in [0.29, 0.717) is 18.5 Å². The zero-order valence-corrected chi connectivity index (χ0v) is 11.6. The fraction of sp³-hybridized carbons (Fsp3) is 0.429. The van der Waals surface area contributed by atoms with Gasteiger partial charge in [0, 0.05) is 25.5 Å². The average Bonchev–Trinajstić information content (AvgIpc) is 2.34. The molecule has 6 nitrogen and oxygen atoms in total. The highest BCUT2D eigenvalue weighted by Gasteiger charge is 2.45. The Labute approximate surface area is 117 Å². The Hall–Kier alpha value is -2.24. The van der Waals surface area contributed by atoms with Gasteiger partial charge >= 0.3 is 12.0 Å². The minimum Gasteiger partial charge on any atom is -0.480 e. The van der Waals surface area contributed by atoms with Gasteiger partial charge in [-0.1, -0.05) is 0 Å². The van der Waals surface area contributed by atoms with Gasteiger partial charge in [0.15, 0.2) is 0 Å². The normalized spacial score (nSPS) is 15.9. The number of carboxylic acids is 1. The smallest absolute Gasteiger partial charge is 0.329 e. The van der Waals surface area contributed by atoms with Crippen molar-refractivity contribution in [2.45, 2.75) is 24.8 Å². The molecule has 0 unspecified atom stereocenters. The van der Waals surface area contributed by atoms with E-state index < -0.39 is 17.5 Å². The summed E-state index contributed by atoms with van der Waals surface area (Å²) in [5.74, 6) is -0.971. The fourth-order valence-electron chi connectivity index (χ4n) is 2.15. The van der Waals surface area contributed by atoms with Crippen LogP contribution in [0.5, 0.6) is 0 Å². The van der Waals surface area contributed by atoms with Gasteiger partial charge in [0.05, 0.1) is 0 Å². The van der Waals surface area contributed by atoms with Crippen molar-refractivity contribution in [1.82, 2.24) is 5.32 Å². The van der Waals surface area contributed by atoms with E-state index in [4.69, 9.17) is 5.11 Å². The Kier molecular flexibility index (Phi) is 3.83. The summed E-state index contributed by atoms with van der Waals surface area (Å²) in [6.07, 6.45) is 1.79. The number of nitrogens with one attached hydrogen (secondary N) is 2. The number of benzene rings is 1. The van der Waals surface area contributed by atoms with Crippen molar-refractivity contribution in [2.24, 2.45) is 0 Å². The minimum absolute atomic E-state index is 0.481. The van der Waals surface area contributed by atoms with Gasteiger partial charge in [0.25, 0.3) is 0 Å². The standard InChI is InChI=1S/C14H19N3O3/c1-17(2)11-6-4-10(5-7-11)15-13(20)16-14(12(18)19)8-3-9-14/h4-7H,3,8-9H2,1-2H3,(H,18,19)(H2,15,16,20). The average molecular weight is 277 g/mol. The van der Waals surface area contributed by atoms with Crippen molar-refractivity contribution in [3.63, 3.8) is 0 Å². The van der Waals surface area contributed by atoms with Gasteiger partial charge in [-0.05, 0) is 43.5 Å². The zero-order valence-electron chi connectivity index (χ0n) is 11.6. The lowest BCUT2D eigenvalue weighted by Crippen LogP contribution is -2.60. The molecule has 0 aliphatic heterocycles. The maximum Gasteiger partial charge on any atom is 0.329 e. The summed E-state index contributed by atoms with van der Waals surface area (Å²) in [6, 6.07) is 6.84. The SMILES string of the molecule is CN(C)c1ccc(NC(=O)NC2(C(=O)O)CCC2)cc1. The lowest BCUT2D eigenvalue weighted by atomic mass is 9.77. The van der Waals surface area contributed by atoms with Crippen LogP contribution in [0.3, 0.4) is 0 Å². The first-order valence-electron chi connectivity index (χ1n) is 6.53. The van der Waals surface area contributed by atoms with Crippen LogP contribution in [0, 0.1) is 0 Å². The molecule has 0 atom stereocenters. The Morgan fingerprint density at radius 2 is 1.80 bits per heavy atom. The van der Waals surface area contributed by atoms with Crippen LogP contribution in [0.4, 0.5) is 16.2 Å². The first-order valence-corrected chi connectivity index (χ1v) is 6.53. The highest BCUT2D eigenvalue weighted by atomic mass is 16.4. The Balaban J connectivity index is 1.96. The largest absolute Gasteiger partial charge is 0.480 e. The molecule has 3 N–H and O–H groups in total. The summed E-state index contributed by atoms with van der Waals surface area (Å²) < 4.78 is 0. The number of carbonyl (C=O) groups is 2. The summed E-state index contributed by atoms with van der Waals surface area (Å²) >= 11 is 0. The molecule has 1 aliphatic rings. The molecule has 0 heterocycles. The number of hydrogen-bond donors (Lipinski definition) is 3. The number of aliphatic carboxylic acids is 1. The molecule has 1 saturated carbocycles. The van der Waals surface area contributed by atoms with Crippen LogP contribution in [0.1, 0.15) is 19.3 Å². The summed E-state index contributed by atoms with van der Waals surface area (Å²) in [7, 11) is 3.87. The number of rotatable bonds is 4. The van der Waals surface area contributed by atoms with Gasteiger partial charge < -0.3 is 20.6 Å². The van der Waals surface area contributed by atoms with E-state index in [2.05, 4.69) is 10.6 Å². The third kappa shape index (κ3) is 2.84. The maximum absolute atomic E-state index is 11.8. The number of urea groups is 1. The molecular formula is C14H19N3O3. The van der Waals surface area contributed by atoms with Gasteiger partial charge in [-0.2, -0.15) is 0 Å². The van der Waals surface area contributed by atoms with Crippen molar-refractivity contribution >= 4 is 23.4 Å². The Morgan fingerprint density at radius 1 is 1.20 bits per heavy atom. The van der Waals surface area contributed by atoms with Gasteiger partial charge in [-0.15, -0.1) is 0 Å². The van der Waals surface area contributed by atoms with Crippen molar-refractivity contribution in [3.8, 4) is 0 Å². The lowest BCUT2D eigenvalue weighted by Gasteiger charge is -2.38. The second kappa shape index (κ2) is 5.40. The van der Waals surface area contributed by atoms with E-state index in [1.165, 1.54) is 0 Å². The Morgan fingerprint density at radius 3 is 2.20 bits per heavy atom. The third-order valence-electron chi connectivity index (χ3n) is 3.61. The molecule has 0 aromatic heterocycles. The quantitative estimate of drug-likeness (QED) is 0.785. The molecule has 0 radical (unpaired) electrons. The monoisotopic (exact) mass is 277 g/mol. The van der Waals surface area contributed by atoms with Crippen molar-refractivity contribution in [3.05, 3.63) is 24.3 Å². The van der Waals surface area contributed by atoms with E-state index >= 15 is 0 Å². The highest BCUT2D eigenvalue weighted by molar-refractivity contribution is 5.94. The van der Waals surface area contributed by atoms with Crippen molar-refractivity contribution in [1.29, 1.82) is 0 Å². The van der Waals surface area contributed by atoms with Crippen LogP contribution >= 0.6 is 0 Å². The van der Waals surface area contributed by atoms with Crippen molar-refractivity contribution in [2.75, 3.05) is 24.3 Å². The molecule has 6 heteroatoms. The molecule has 1 aromatic carbocycles. The molecule has 1 aliphatic carbocycles. The van der Waals surface area contributed by atoms with E-state index in [-0.39, 0.29) is 0 Å². The van der Waals surface area contributed by atoms with Crippen LogP contribution in [-0.4, -0.2) is 36.7 Å². The Bertz CT molecular complexity index is 507. The second-order valence-electron chi connectivity index (χ2n) is 5.26. The maximum atomic E-state index is 11.8. The van der Waals surface area contributed by atoms with Gasteiger partial charge in [-0.3, -0.25) is 0 Å². The summed E-state index contributed by atoms with van der Waals surface area (Å²) in [6.45, 7) is 0. The second-order valence-corrected chi connectivity index (χ2v) is 5.26. The van der Waals surface area contributed by atoms with Crippen LogP contribution < -0.4 is 15.5 Å². The van der Waals surface area contributed by atoms with Gasteiger partial charge in [-0.25, -0.2) is 9.59 Å². The molecular weight excluding hydrogens is 258 g/mol. The zero-order chi connectivity index (χ0) is 14.8. The topological polar surface area (TPSA) is 81.7 Å². The number of carboxylic acid groups (broad SMARTS) is 1. The van der Waals surface area contributed by atoms with E-state index in [0.717, 1.165) is 12.1 Å². The van der Waals surface area contributed by atoms with E-state index in [1.54, 1.807) is 12.1 Å². The van der Waals surface area contributed by atoms with Crippen molar-refractivity contribution < 1.29 is 14.7 Å². The number of anilines is 2. The van der Waals surface area contributed by atoms with Crippen LogP contribution in [0.2, 0.25) is 0 Å². The number of hydrogen-bond acceptors (Lipinski definition) is 3. The van der Waals surface area contributed by atoms with Gasteiger partial charge in [0.2, 0.25) is 0 Å². The van der Waals surface area contributed by atoms with Gasteiger partial charge in [0.1, 0.15) is 5.54 Å². The first-order chi connectivity index (χ1) is 9.43. The molecule has 0 saturated heterocycles. The molecule has 2 amide bonds. The third-order valence-corrected chi connectivity index (χ3v) is 3.61. The predicted octanol–water partition coefficient (Wildman–Crippen LogP) is 1.88. The number of nitrogens with zero attached hydrogens (tertiary/aromatic N) is 1. The number of carbonyl (C=O) groups excluding carboxylic acids is 1. The fourth-order valence-corrected chi connectivity index (χ4v) is 2.15. The molecule has 0 bridgehead atoms. The van der Waals surface area contributed by atoms with E-state index in [9.17, 15) is 9.59 Å². The molecule has 1 aromatic rings. The predicted molar refractivity (Wildman–Crippen MR) is 77.1 cm³/mol. The van der Waals surface area contributed by atoms with E-state index in [1.807, 2.05) is 31.1 Å². The molecule has 0 spiro atoms. The summed E-state index contributed by atoms with van der Waals surface area (Å²) in [5, 5.41) is 14.4. The first kappa shape index (κ1) is 14.2. The van der Waals surface area contributed by atoms with Crippen LogP contribution in [0.25, 0.3) is 0 Å². The van der Waals surface area contributed by atoms with Crippen LogP contribution in [0.15, 0.2) is 24.3 Å².